The molecule has 0 atom stereocenters. The zero-order valence-corrected chi connectivity index (χ0v) is 16.0. The van der Waals surface area contributed by atoms with Crippen molar-refractivity contribution in [2.75, 3.05) is 11.9 Å². The highest BCUT2D eigenvalue weighted by Crippen LogP contribution is 2.22. The van der Waals surface area contributed by atoms with Crippen LogP contribution in [0.4, 0.5) is 5.69 Å². The molecule has 0 spiro atoms. The number of pyridine rings is 1. The van der Waals surface area contributed by atoms with Gasteiger partial charge < -0.3 is 5.32 Å². The second kappa shape index (κ2) is 8.90. The molecule has 3 aromatic rings. The maximum Gasteiger partial charge on any atom is 0.252 e. The predicted molar refractivity (Wildman–Crippen MR) is 112 cm³/mol. The van der Waals surface area contributed by atoms with Gasteiger partial charge in [-0.15, -0.1) is 0 Å². The summed E-state index contributed by atoms with van der Waals surface area (Å²) in [5.74, 6) is -0.221. The van der Waals surface area contributed by atoms with Crippen LogP contribution in [-0.2, 0) is 4.79 Å². The van der Waals surface area contributed by atoms with Gasteiger partial charge in [-0.05, 0) is 37.6 Å². The number of amides is 1. The molecule has 2 N–H and O–H groups in total. The van der Waals surface area contributed by atoms with Crippen molar-refractivity contribution in [2.45, 2.75) is 20.3 Å². The van der Waals surface area contributed by atoms with Crippen LogP contribution in [0.25, 0.3) is 22.2 Å². The normalized spacial score (nSPS) is 11.3. The second-order valence-electron chi connectivity index (χ2n) is 6.50. The Labute approximate surface area is 164 Å². The quantitative estimate of drug-likeness (QED) is 0.330. The number of nitrogens with zero attached hydrogens (tertiary/aromatic N) is 3. The lowest BCUT2D eigenvalue weighted by molar-refractivity contribution is -0.112. The third-order valence-electron chi connectivity index (χ3n) is 4.32. The van der Waals surface area contributed by atoms with E-state index in [4.69, 9.17) is 10.5 Å². The van der Waals surface area contributed by atoms with Crippen molar-refractivity contribution < 1.29 is 4.79 Å². The number of para-hydroxylation sites is 1. The van der Waals surface area contributed by atoms with Crippen molar-refractivity contribution in [3.05, 3.63) is 72.4 Å². The number of carbonyl (C=O) groups is 1. The third-order valence-corrected chi connectivity index (χ3v) is 4.32. The third kappa shape index (κ3) is 4.59. The molecule has 142 valence electrons. The van der Waals surface area contributed by atoms with E-state index in [1.807, 2.05) is 61.5 Å². The van der Waals surface area contributed by atoms with E-state index >= 15 is 0 Å². The Balaban J connectivity index is 1.72. The zero-order valence-electron chi connectivity index (χ0n) is 16.0. The Morgan fingerprint density at radius 1 is 1.14 bits per heavy atom. The molecule has 28 heavy (non-hydrogen) atoms. The lowest BCUT2D eigenvalue weighted by Crippen LogP contribution is -2.17. The van der Waals surface area contributed by atoms with Crippen LogP contribution in [0.5, 0.6) is 0 Å². The molecule has 0 saturated carbocycles. The lowest BCUT2D eigenvalue weighted by Gasteiger charge is -2.12. The molecule has 0 aliphatic carbocycles. The maximum atomic E-state index is 12.3. The van der Waals surface area contributed by atoms with E-state index in [1.54, 1.807) is 13.1 Å². The molecule has 1 amide bonds. The summed E-state index contributed by atoms with van der Waals surface area (Å²) in [6, 6.07) is 19.6. The first-order chi connectivity index (χ1) is 13.6. The topological polar surface area (TPSA) is 81.4 Å². The average Bonchev–Trinajstić information content (AvgIpc) is 2.73. The SMILES string of the molecule is CCCN(/C=C(\C)C(=O)Nc1ccc(-c2ccc3ccccc3n2)cc1)N=N. The molecule has 6 nitrogen and oxygen atoms in total. The van der Waals surface area contributed by atoms with Gasteiger partial charge in [0.25, 0.3) is 5.91 Å². The van der Waals surface area contributed by atoms with Gasteiger partial charge in [-0.2, -0.15) is 5.53 Å². The monoisotopic (exact) mass is 373 g/mol. The van der Waals surface area contributed by atoms with Gasteiger partial charge in [0.2, 0.25) is 0 Å². The summed E-state index contributed by atoms with van der Waals surface area (Å²) >= 11 is 0. The van der Waals surface area contributed by atoms with Gasteiger partial charge in [-0.25, -0.2) is 4.98 Å². The average molecular weight is 373 g/mol. The molecule has 1 aromatic heterocycles. The van der Waals surface area contributed by atoms with Crippen molar-refractivity contribution in [3.63, 3.8) is 0 Å². The summed E-state index contributed by atoms with van der Waals surface area (Å²) in [6.07, 6.45) is 2.43. The van der Waals surface area contributed by atoms with E-state index in [-0.39, 0.29) is 5.91 Å². The Kier molecular flexibility index (Phi) is 6.11. The number of hydrogen-bond acceptors (Lipinski definition) is 4. The Morgan fingerprint density at radius 3 is 2.61 bits per heavy atom. The Hall–Kier alpha value is -3.54. The van der Waals surface area contributed by atoms with Crippen LogP contribution in [0.1, 0.15) is 20.3 Å². The second-order valence-corrected chi connectivity index (χ2v) is 6.50. The van der Waals surface area contributed by atoms with Crippen molar-refractivity contribution in [1.29, 1.82) is 5.53 Å². The molecular formula is C22H23N5O. The van der Waals surface area contributed by atoms with Crippen molar-refractivity contribution in [1.82, 2.24) is 9.99 Å². The molecule has 6 heteroatoms. The van der Waals surface area contributed by atoms with Gasteiger partial charge in [0.05, 0.1) is 11.2 Å². The van der Waals surface area contributed by atoms with Gasteiger partial charge >= 0.3 is 0 Å². The zero-order chi connectivity index (χ0) is 19.9. The van der Waals surface area contributed by atoms with E-state index in [0.29, 0.717) is 17.8 Å². The van der Waals surface area contributed by atoms with Gasteiger partial charge in [0.15, 0.2) is 0 Å². The highest BCUT2D eigenvalue weighted by Gasteiger charge is 2.08. The summed E-state index contributed by atoms with van der Waals surface area (Å²) in [6.45, 7) is 4.30. The van der Waals surface area contributed by atoms with E-state index in [0.717, 1.165) is 28.6 Å². The first-order valence-corrected chi connectivity index (χ1v) is 9.20. The molecular weight excluding hydrogens is 350 g/mol. The molecule has 0 unspecified atom stereocenters. The number of benzene rings is 2. The lowest BCUT2D eigenvalue weighted by atomic mass is 10.1. The molecule has 0 saturated heterocycles. The molecule has 0 fully saturated rings. The summed E-state index contributed by atoms with van der Waals surface area (Å²) in [5.41, 5.74) is 11.2. The predicted octanol–water partition coefficient (Wildman–Crippen LogP) is 5.40. The number of rotatable bonds is 7. The summed E-state index contributed by atoms with van der Waals surface area (Å²) in [4.78, 5) is 17.0. The minimum Gasteiger partial charge on any atom is -0.322 e. The number of aromatic nitrogens is 1. The summed E-state index contributed by atoms with van der Waals surface area (Å²) in [5, 5.41) is 8.81. The highest BCUT2D eigenvalue weighted by molar-refractivity contribution is 6.03. The number of anilines is 1. The fourth-order valence-electron chi connectivity index (χ4n) is 2.84. The largest absolute Gasteiger partial charge is 0.322 e. The van der Waals surface area contributed by atoms with E-state index in [2.05, 4.69) is 16.6 Å². The molecule has 1 heterocycles. The van der Waals surface area contributed by atoms with Crippen LogP contribution in [0, 0.1) is 5.53 Å². The van der Waals surface area contributed by atoms with Crippen LogP contribution in [0.15, 0.2) is 77.7 Å². The molecule has 0 aliphatic rings. The Bertz CT molecular complexity index is 1010. The first-order valence-electron chi connectivity index (χ1n) is 9.20. The van der Waals surface area contributed by atoms with E-state index < -0.39 is 0 Å². The molecule has 0 radical (unpaired) electrons. The van der Waals surface area contributed by atoms with E-state index in [1.165, 1.54) is 5.01 Å². The van der Waals surface area contributed by atoms with Gasteiger partial charge in [0, 0.05) is 35.0 Å². The maximum absolute atomic E-state index is 12.3. The van der Waals surface area contributed by atoms with Crippen molar-refractivity contribution in [2.24, 2.45) is 5.22 Å². The number of carbonyl (C=O) groups excluding carboxylic acids is 1. The number of fused-ring (bicyclic) bond motifs is 1. The number of nitrogens with one attached hydrogen (secondary N) is 2. The van der Waals surface area contributed by atoms with Crippen LogP contribution >= 0.6 is 0 Å². The fraction of sp³-hybridized carbons (Fsp3) is 0.182. The van der Waals surface area contributed by atoms with Crippen molar-refractivity contribution in [3.8, 4) is 11.3 Å². The standard InChI is InChI=1S/C22H23N5O/c1-3-14-27(26-23)15-16(2)22(28)24-19-11-8-18(9-12-19)21-13-10-17-6-4-5-7-20(17)25-21/h4-13,15,23H,3,14H2,1-2H3,(H,24,28)/b16-15+,26-23?. The van der Waals surface area contributed by atoms with Gasteiger partial charge in [0.1, 0.15) is 0 Å². The van der Waals surface area contributed by atoms with Crippen LogP contribution in [-0.4, -0.2) is 22.4 Å². The minimum absolute atomic E-state index is 0.221. The highest BCUT2D eigenvalue weighted by atomic mass is 16.1. The molecule has 0 bridgehead atoms. The van der Waals surface area contributed by atoms with Crippen LogP contribution < -0.4 is 5.32 Å². The fourth-order valence-corrected chi connectivity index (χ4v) is 2.84. The van der Waals surface area contributed by atoms with Crippen LogP contribution in [0.3, 0.4) is 0 Å². The molecule has 0 aliphatic heterocycles. The summed E-state index contributed by atoms with van der Waals surface area (Å²) in [7, 11) is 0. The Morgan fingerprint density at radius 2 is 1.89 bits per heavy atom. The minimum atomic E-state index is -0.221. The summed E-state index contributed by atoms with van der Waals surface area (Å²) < 4.78 is 0. The number of hydrogen-bond donors (Lipinski definition) is 2. The van der Waals surface area contributed by atoms with E-state index in [9.17, 15) is 4.79 Å². The molecule has 3 rings (SSSR count). The smallest absolute Gasteiger partial charge is 0.252 e. The van der Waals surface area contributed by atoms with Crippen molar-refractivity contribution >= 4 is 22.5 Å². The van der Waals surface area contributed by atoms with Gasteiger partial charge in [-0.1, -0.05) is 48.5 Å². The van der Waals surface area contributed by atoms with Gasteiger partial charge in [-0.3, -0.25) is 9.80 Å². The first kappa shape index (κ1) is 19.2. The van der Waals surface area contributed by atoms with Crippen LogP contribution in [0.2, 0.25) is 0 Å². The molecule has 2 aromatic carbocycles.